The molecule has 116 valence electrons. The predicted molar refractivity (Wildman–Crippen MR) is 90.1 cm³/mol. The van der Waals surface area contributed by atoms with Gasteiger partial charge in [-0.15, -0.1) is 0 Å². The Bertz CT molecular complexity index is 448. The molecule has 1 aromatic carbocycles. The molecule has 1 aliphatic heterocycles. The van der Waals surface area contributed by atoms with Gasteiger partial charge >= 0.3 is 0 Å². The van der Waals surface area contributed by atoms with E-state index in [1.54, 1.807) is 0 Å². The van der Waals surface area contributed by atoms with Crippen molar-refractivity contribution < 1.29 is 0 Å². The lowest BCUT2D eigenvalue weighted by Gasteiger charge is -2.41. The summed E-state index contributed by atoms with van der Waals surface area (Å²) in [5.74, 6) is 0.710. The molecule has 2 nitrogen and oxygen atoms in total. The fourth-order valence-electron chi connectivity index (χ4n) is 3.76. The molecule has 0 atom stereocenters. The zero-order valence-electron chi connectivity index (χ0n) is 13.0. The van der Waals surface area contributed by atoms with E-state index in [1.807, 2.05) is 6.07 Å². The van der Waals surface area contributed by atoms with Crippen molar-refractivity contribution in [2.45, 2.75) is 57.0 Å². The Kier molecular flexibility index (Phi) is 5.20. The van der Waals surface area contributed by atoms with E-state index in [4.69, 9.17) is 11.6 Å². The van der Waals surface area contributed by atoms with Gasteiger partial charge in [0.15, 0.2) is 0 Å². The number of hydrogen-bond donors (Lipinski definition) is 1. The van der Waals surface area contributed by atoms with E-state index in [9.17, 15) is 0 Å². The molecule has 2 aliphatic rings. The van der Waals surface area contributed by atoms with Gasteiger partial charge in [0.25, 0.3) is 0 Å². The Morgan fingerprint density at radius 3 is 2.62 bits per heavy atom. The minimum atomic E-state index is 0.710. The summed E-state index contributed by atoms with van der Waals surface area (Å²) in [6, 6.07) is 9.84. The van der Waals surface area contributed by atoms with Gasteiger partial charge in [-0.25, -0.2) is 0 Å². The number of piperidine rings is 1. The molecule has 0 radical (unpaired) electrons. The third kappa shape index (κ3) is 4.00. The quantitative estimate of drug-likeness (QED) is 0.883. The first-order chi connectivity index (χ1) is 10.2. The fourth-order valence-corrected chi connectivity index (χ4v) is 3.96. The first kappa shape index (κ1) is 15.3. The van der Waals surface area contributed by atoms with Gasteiger partial charge in [-0.3, -0.25) is 0 Å². The summed E-state index contributed by atoms with van der Waals surface area (Å²) in [5, 5.41) is 4.74. The monoisotopic (exact) mass is 306 g/mol. The summed E-state index contributed by atoms with van der Waals surface area (Å²) >= 11 is 6.08. The number of halogens is 1. The van der Waals surface area contributed by atoms with Crippen LogP contribution in [0.1, 0.15) is 50.5 Å². The van der Waals surface area contributed by atoms with Crippen LogP contribution in [-0.4, -0.2) is 36.6 Å². The van der Waals surface area contributed by atoms with Crippen LogP contribution in [0.3, 0.4) is 0 Å². The Morgan fingerprint density at radius 1 is 1.19 bits per heavy atom. The standard InChI is InChI=1S/C18H27ClN2/c1-2-8-21-9-6-17(7-10-21)20-18-12-15(13-18)14-4-3-5-16(19)11-14/h3-5,11,15,17-18,20H,2,6-10,12-13H2,1H3. The molecule has 0 aromatic heterocycles. The molecule has 3 rings (SSSR count). The topological polar surface area (TPSA) is 15.3 Å². The maximum absolute atomic E-state index is 6.08. The lowest BCUT2D eigenvalue weighted by Crippen LogP contribution is -2.50. The summed E-state index contributed by atoms with van der Waals surface area (Å²) in [4.78, 5) is 2.60. The minimum absolute atomic E-state index is 0.710. The molecule has 1 saturated heterocycles. The van der Waals surface area contributed by atoms with Crippen molar-refractivity contribution in [1.29, 1.82) is 0 Å². The van der Waals surface area contributed by atoms with Crippen molar-refractivity contribution in [3.05, 3.63) is 34.9 Å². The number of benzene rings is 1. The lowest BCUT2D eigenvalue weighted by molar-refractivity contribution is 0.171. The Balaban J connectivity index is 1.39. The Morgan fingerprint density at radius 2 is 1.95 bits per heavy atom. The average molecular weight is 307 g/mol. The van der Waals surface area contributed by atoms with Crippen LogP contribution in [-0.2, 0) is 0 Å². The molecule has 1 aromatic rings. The number of nitrogens with one attached hydrogen (secondary N) is 1. The van der Waals surface area contributed by atoms with Gasteiger partial charge in [-0.05, 0) is 75.4 Å². The molecule has 0 unspecified atom stereocenters. The van der Waals surface area contributed by atoms with Crippen molar-refractivity contribution in [3.8, 4) is 0 Å². The molecule has 21 heavy (non-hydrogen) atoms. The number of hydrogen-bond acceptors (Lipinski definition) is 2. The number of likely N-dealkylation sites (tertiary alicyclic amines) is 1. The van der Waals surface area contributed by atoms with E-state index in [0.717, 1.165) is 17.1 Å². The molecule has 1 aliphatic carbocycles. The highest BCUT2D eigenvalue weighted by Crippen LogP contribution is 2.38. The van der Waals surface area contributed by atoms with Crippen LogP contribution in [0, 0.1) is 0 Å². The Labute approximate surface area is 133 Å². The molecule has 2 fully saturated rings. The average Bonchev–Trinajstić information content (AvgIpc) is 2.44. The third-order valence-electron chi connectivity index (χ3n) is 5.06. The molecule has 0 spiro atoms. The van der Waals surface area contributed by atoms with E-state index in [2.05, 4.69) is 35.3 Å². The molecule has 3 heteroatoms. The third-order valence-corrected chi connectivity index (χ3v) is 5.29. The smallest absolute Gasteiger partial charge is 0.0408 e. The second-order valence-corrected chi connectivity index (χ2v) is 7.14. The van der Waals surface area contributed by atoms with Crippen molar-refractivity contribution in [3.63, 3.8) is 0 Å². The van der Waals surface area contributed by atoms with Gasteiger partial charge in [-0.1, -0.05) is 30.7 Å². The summed E-state index contributed by atoms with van der Waals surface area (Å²) in [7, 11) is 0. The van der Waals surface area contributed by atoms with E-state index in [0.29, 0.717) is 5.92 Å². The van der Waals surface area contributed by atoms with Crippen molar-refractivity contribution in [1.82, 2.24) is 10.2 Å². The first-order valence-corrected chi connectivity index (χ1v) is 8.86. The van der Waals surface area contributed by atoms with Gasteiger partial charge in [0.05, 0.1) is 0 Å². The highest BCUT2D eigenvalue weighted by molar-refractivity contribution is 6.30. The van der Waals surface area contributed by atoms with Crippen LogP contribution in [0.15, 0.2) is 24.3 Å². The van der Waals surface area contributed by atoms with E-state index >= 15 is 0 Å². The van der Waals surface area contributed by atoms with Crippen molar-refractivity contribution >= 4 is 11.6 Å². The van der Waals surface area contributed by atoms with Crippen LogP contribution >= 0.6 is 11.6 Å². The molecule has 1 saturated carbocycles. The second kappa shape index (κ2) is 7.13. The molecule has 1 heterocycles. The Hall–Kier alpha value is -0.570. The zero-order valence-corrected chi connectivity index (χ0v) is 13.8. The van der Waals surface area contributed by atoms with Crippen LogP contribution < -0.4 is 5.32 Å². The molecule has 1 N–H and O–H groups in total. The van der Waals surface area contributed by atoms with Gasteiger partial charge in [0.2, 0.25) is 0 Å². The first-order valence-electron chi connectivity index (χ1n) is 8.48. The van der Waals surface area contributed by atoms with Gasteiger partial charge in [0.1, 0.15) is 0 Å². The largest absolute Gasteiger partial charge is 0.311 e. The lowest BCUT2D eigenvalue weighted by atomic mass is 9.75. The molecule has 0 amide bonds. The van der Waals surface area contributed by atoms with Gasteiger partial charge in [0, 0.05) is 17.1 Å². The maximum atomic E-state index is 6.08. The minimum Gasteiger partial charge on any atom is -0.311 e. The van der Waals surface area contributed by atoms with E-state index < -0.39 is 0 Å². The van der Waals surface area contributed by atoms with Crippen LogP contribution in [0.25, 0.3) is 0 Å². The van der Waals surface area contributed by atoms with Crippen molar-refractivity contribution in [2.24, 2.45) is 0 Å². The maximum Gasteiger partial charge on any atom is 0.0408 e. The second-order valence-electron chi connectivity index (χ2n) is 6.70. The SMILES string of the molecule is CCCN1CCC(NC2CC(c3cccc(Cl)c3)C2)CC1. The summed E-state index contributed by atoms with van der Waals surface area (Å²) in [6.07, 6.45) is 6.46. The summed E-state index contributed by atoms with van der Waals surface area (Å²) in [6.45, 7) is 6.09. The van der Waals surface area contributed by atoms with Gasteiger partial charge < -0.3 is 10.2 Å². The fraction of sp³-hybridized carbons (Fsp3) is 0.667. The molecular formula is C18H27ClN2. The summed E-state index contributed by atoms with van der Waals surface area (Å²) in [5.41, 5.74) is 1.42. The van der Waals surface area contributed by atoms with Crippen LogP contribution in [0.2, 0.25) is 5.02 Å². The normalized spacial score (nSPS) is 27.5. The van der Waals surface area contributed by atoms with E-state index in [-0.39, 0.29) is 0 Å². The highest BCUT2D eigenvalue weighted by atomic mass is 35.5. The van der Waals surface area contributed by atoms with Gasteiger partial charge in [-0.2, -0.15) is 0 Å². The molecular weight excluding hydrogens is 280 g/mol. The van der Waals surface area contributed by atoms with Crippen LogP contribution in [0.5, 0.6) is 0 Å². The highest BCUT2D eigenvalue weighted by Gasteiger charge is 2.32. The molecule has 0 bridgehead atoms. The number of nitrogens with zero attached hydrogens (tertiary/aromatic N) is 1. The van der Waals surface area contributed by atoms with E-state index in [1.165, 1.54) is 57.3 Å². The van der Waals surface area contributed by atoms with Crippen LogP contribution in [0.4, 0.5) is 0 Å². The zero-order chi connectivity index (χ0) is 14.7. The predicted octanol–water partition coefficient (Wildman–Crippen LogP) is 4.05. The number of rotatable bonds is 5. The van der Waals surface area contributed by atoms with Crippen molar-refractivity contribution in [2.75, 3.05) is 19.6 Å². The summed E-state index contributed by atoms with van der Waals surface area (Å²) < 4.78 is 0.